The number of hydrogen-bond acceptors (Lipinski definition) is 7. The Morgan fingerprint density at radius 1 is 1.06 bits per heavy atom. The smallest absolute Gasteiger partial charge is 0.240 e. The van der Waals surface area contributed by atoms with Crippen LogP contribution in [0.25, 0.3) is 0 Å². The molecule has 2 amide bonds. The summed E-state index contributed by atoms with van der Waals surface area (Å²) in [5.74, 6) is 0.976. The number of benzene rings is 1. The summed E-state index contributed by atoms with van der Waals surface area (Å²) >= 11 is 0. The van der Waals surface area contributed by atoms with Crippen molar-refractivity contribution in [3.05, 3.63) is 42.6 Å². The first kappa shape index (κ1) is 24.0. The molecule has 11 heteroatoms. The molecule has 0 bridgehead atoms. The fourth-order valence-electron chi connectivity index (χ4n) is 3.90. The maximum Gasteiger partial charge on any atom is 0.240 e. The fraction of sp³-hybridized carbons (Fsp3) is 0.435. The van der Waals surface area contributed by atoms with Gasteiger partial charge in [0.05, 0.1) is 18.1 Å². The molecule has 4 rings (SSSR count). The molecule has 0 saturated carbocycles. The molecular weight excluding hydrogens is 460 g/mol. The highest BCUT2D eigenvalue weighted by molar-refractivity contribution is 7.89. The molecule has 1 aromatic heterocycles. The summed E-state index contributed by atoms with van der Waals surface area (Å²) < 4.78 is 38.9. The Morgan fingerprint density at radius 2 is 1.82 bits per heavy atom. The molecule has 0 atom stereocenters. The first-order chi connectivity index (χ1) is 16.4. The highest BCUT2D eigenvalue weighted by atomic mass is 32.2. The van der Waals surface area contributed by atoms with Crippen molar-refractivity contribution in [1.29, 1.82) is 0 Å². The van der Waals surface area contributed by atoms with E-state index in [9.17, 15) is 18.0 Å². The lowest BCUT2D eigenvalue weighted by Gasteiger charge is -2.31. The summed E-state index contributed by atoms with van der Waals surface area (Å²) in [5, 5.41) is 2.80. The predicted octanol–water partition coefficient (Wildman–Crippen LogP) is 1.79. The molecule has 1 aromatic carbocycles. The number of ether oxygens (including phenoxy) is 2. The standard InChI is InChI=1S/C23H28N4O6S/c28-22(27-12-8-17(9-13-27)23(29)26-21-4-1-2-10-24-21)7-11-25-34(30,31)18-5-6-19-20(16-18)33-15-3-14-32-19/h1-2,4-6,10,16-17,25H,3,7-9,11-15H2,(H,24,26,29). The number of hydrogen-bond donors (Lipinski definition) is 2. The van der Waals surface area contributed by atoms with E-state index >= 15 is 0 Å². The lowest BCUT2D eigenvalue weighted by Crippen LogP contribution is -2.42. The third-order valence-corrected chi connectivity index (χ3v) is 7.25. The molecule has 3 heterocycles. The second kappa shape index (κ2) is 10.8. The van der Waals surface area contributed by atoms with Crippen LogP contribution in [0.15, 0.2) is 47.5 Å². The van der Waals surface area contributed by atoms with Crippen molar-refractivity contribution in [2.75, 3.05) is 38.2 Å². The summed E-state index contributed by atoms with van der Waals surface area (Å²) in [7, 11) is -3.80. The normalized spacial score (nSPS) is 16.5. The van der Waals surface area contributed by atoms with Gasteiger partial charge >= 0.3 is 0 Å². The van der Waals surface area contributed by atoms with Crippen molar-refractivity contribution in [3.8, 4) is 11.5 Å². The van der Waals surface area contributed by atoms with Gasteiger partial charge in [0.1, 0.15) is 5.82 Å². The zero-order chi connectivity index (χ0) is 24.0. The van der Waals surface area contributed by atoms with E-state index in [0.29, 0.717) is 56.5 Å². The van der Waals surface area contributed by atoms with Gasteiger partial charge in [-0.3, -0.25) is 9.59 Å². The number of aromatic nitrogens is 1. The van der Waals surface area contributed by atoms with Crippen molar-refractivity contribution < 1.29 is 27.5 Å². The highest BCUT2D eigenvalue weighted by Crippen LogP contribution is 2.31. The van der Waals surface area contributed by atoms with E-state index in [1.807, 2.05) is 0 Å². The Hall–Kier alpha value is -3.18. The van der Waals surface area contributed by atoms with Crippen molar-refractivity contribution in [3.63, 3.8) is 0 Å². The zero-order valence-corrected chi connectivity index (χ0v) is 19.6. The van der Waals surface area contributed by atoms with Crippen LogP contribution in [0.2, 0.25) is 0 Å². The Bertz CT molecular complexity index is 1120. The first-order valence-corrected chi connectivity index (χ1v) is 12.8. The van der Waals surface area contributed by atoms with Crippen LogP contribution in [0.4, 0.5) is 5.82 Å². The average molecular weight is 489 g/mol. The monoisotopic (exact) mass is 488 g/mol. The SMILES string of the molecule is O=C(Nc1ccccn1)C1CCN(C(=O)CCNS(=O)(=O)c2ccc3c(c2)OCCCO3)CC1. The second-order valence-electron chi connectivity index (χ2n) is 8.17. The van der Waals surface area contributed by atoms with Gasteiger partial charge in [0.15, 0.2) is 11.5 Å². The molecular formula is C23H28N4O6S. The summed E-state index contributed by atoms with van der Waals surface area (Å²) in [6.07, 6.45) is 3.47. The third-order valence-electron chi connectivity index (χ3n) is 5.79. The van der Waals surface area contributed by atoms with Crippen molar-refractivity contribution in [1.82, 2.24) is 14.6 Å². The largest absolute Gasteiger partial charge is 0.490 e. The van der Waals surface area contributed by atoms with E-state index in [4.69, 9.17) is 9.47 Å². The van der Waals surface area contributed by atoms with Crippen molar-refractivity contribution in [2.45, 2.75) is 30.6 Å². The Balaban J connectivity index is 1.23. The number of rotatable bonds is 7. The van der Waals surface area contributed by atoms with Crippen LogP contribution in [0.5, 0.6) is 11.5 Å². The Labute approximate surface area is 198 Å². The van der Waals surface area contributed by atoms with Crippen molar-refractivity contribution >= 4 is 27.7 Å². The number of carbonyl (C=O) groups excluding carboxylic acids is 2. The zero-order valence-electron chi connectivity index (χ0n) is 18.7. The number of fused-ring (bicyclic) bond motifs is 1. The quantitative estimate of drug-likeness (QED) is 0.608. The number of amides is 2. The van der Waals surface area contributed by atoms with Gasteiger partial charge in [0.25, 0.3) is 0 Å². The topological polar surface area (TPSA) is 127 Å². The molecule has 2 aromatic rings. The van der Waals surface area contributed by atoms with Gasteiger partial charge in [0, 0.05) is 50.7 Å². The number of nitrogens with zero attached hydrogens (tertiary/aromatic N) is 2. The van der Waals surface area contributed by atoms with Crippen LogP contribution in [0.3, 0.4) is 0 Å². The van der Waals surface area contributed by atoms with E-state index in [-0.39, 0.29) is 35.6 Å². The number of pyridine rings is 1. The molecule has 0 spiro atoms. The highest BCUT2D eigenvalue weighted by Gasteiger charge is 2.27. The van der Waals surface area contributed by atoms with Gasteiger partial charge in [0.2, 0.25) is 21.8 Å². The molecule has 10 nitrogen and oxygen atoms in total. The van der Waals surface area contributed by atoms with E-state index in [0.717, 1.165) is 6.42 Å². The Kier molecular flexibility index (Phi) is 7.63. The minimum Gasteiger partial charge on any atom is -0.490 e. The lowest BCUT2D eigenvalue weighted by atomic mass is 9.95. The summed E-state index contributed by atoms with van der Waals surface area (Å²) in [5.41, 5.74) is 0. The van der Waals surface area contributed by atoms with E-state index < -0.39 is 10.0 Å². The molecule has 2 N–H and O–H groups in total. The second-order valence-corrected chi connectivity index (χ2v) is 9.93. The molecule has 182 valence electrons. The lowest BCUT2D eigenvalue weighted by molar-refractivity contribution is -0.134. The molecule has 2 aliphatic rings. The summed E-state index contributed by atoms with van der Waals surface area (Å²) in [6.45, 7) is 1.86. The summed E-state index contributed by atoms with van der Waals surface area (Å²) in [6, 6.07) is 9.77. The van der Waals surface area contributed by atoms with Crippen LogP contribution in [-0.2, 0) is 19.6 Å². The number of anilines is 1. The van der Waals surface area contributed by atoms with Crippen LogP contribution < -0.4 is 19.5 Å². The third kappa shape index (κ3) is 6.03. The summed E-state index contributed by atoms with van der Waals surface area (Å²) in [4.78, 5) is 30.8. The number of likely N-dealkylation sites (tertiary alicyclic amines) is 1. The van der Waals surface area contributed by atoms with Crippen LogP contribution in [0, 0.1) is 5.92 Å². The van der Waals surface area contributed by atoms with Gasteiger partial charge < -0.3 is 19.7 Å². The maximum absolute atomic E-state index is 12.6. The van der Waals surface area contributed by atoms with Gasteiger partial charge in [-0.25, -0.2) is 18.1 Å². The van der Waals surface area contributed by atoms with E-state index in [2.05, 4.69) is 15.0 Å². The number of carbonyl (C=O) groups is 2. The molecule has 2 aliphatic heterocycles. The van der Waals surface area contributed by atoms with Gasteiger partial charge in [-0.15, -0.1) is 0 Å². The van der Waals surface area contributed by atoms with Crippen LogP contribution in [-0.4, -0.2) is 63.0 Å². The molecule has 0 radical (unpaired) electrons. The molecule has 1 saturated heterocycles. The minimum atomic E-state index is -3.80. The number of sulfonamides is 1. The molecule has 34 heavy (non-hydrogen) atoms. The molecule has 1 fully saturated rings. The van der Waals surface area contributed by atoms with E-state index in [1.54, 1.807) is 35.4 Å². The fourth-order valence-corrected chi connectivity index (χ4v) is 4.95. The van der Waals surface area contributed by atoms with Gasteiger partial charge in [-0.2, -0.15) is 0 Å². The molecule has 0 aliphatic carbocycles. The van der Waals surface area contributed by atoms with Gasteiger partial charge in [-0.1, -0.05) is 6.07 Å². The van der Waals surface area contributed by atoms with Gasteiger partial charge in [-0.05, 0) is 37.1 Å². The predicted molar refractivity (Wildman–Crippen MR) is 124 cm³/mol. The average Bonchev–Trinajstić information content (AvgIpc) is 3.09. The van der Waals surface area contributed by atoms with Crippen molar-refractivity contribution in [2.24, 2.45) is 5.92 Å². The Morgan fingerprint density at radius 3 is 2.56 bits per heavy atom. The number of piperidine rings is 1. The minimum absolute atomic E-state index is 0.0182. The van der Waals surface area contributed by atoms with Crippen LogP contribution in [0.1, 0.15) is 25.7 Å². The van der Waals surface area contributed by atoms with Crippen LogP contribution >= 0.6 is 0 Å². The first-order valence-electron chi connectivity index (χ1n) is 11.3. The van der Waals surface area contributed by atoms with E-state index in [1.165, 1.54) is 12.1 Å². The molecule has 0 unspecified atom stereocenters. The maximum atomic E-state index is 12.6. The number of nitrogens with one attached hydrogen (secondary N) is 2.